The minimum Gasteiger partial charge on any atom is -0.481 e. The van der Waals surface area contributed by atoms with Gasteiger partial charge in [0.05, 0.1) is 6.42 Å². The number of nitrogens with one attached hydrogen (secondary N) is 3. The Bertz CT molecular complexity index is 855. The van der Waals surface area contributed by atoms with Gasteiger partial charge in [-0.15, -0.1) is 0 Å². The molecule has 0 saturated heterocycles. The molecule has 0 aliphatic heterocycles. The van der Waals surface area contributed by atoms with Crippen LogP contribution in [0.3, 0.4) is 0 Å². The number of aliphatic carboxylic acids is 1. The first kappa shape index (κ1) is 28.0. The maximum Gasteiger partial charge on any atom is 0.408 e. The van der Waals surface area contributed by atoms with E-state index in [0.717, 1.165) is 17.3 Å². The fraction of sp³-hybridized carbons (Fsp3) is 0.500. The molecular weight excluding hydrogens is 450 g/mol. The van der Waals surface area contributed by atoms with Crippen molar-refractivity contribution in [2.75, 3.05) is 0 Å². The Morgan fingerprint density at radius 2 is 1.48 bits per heavy atom. The van der Waals surface area contributed by atoms with E-state index >= 15 is 0 Å². The van der Waals surface area contributed by atoms with Crippen molar-refractivity contribution in [3.8, 4) is 0 Å². The van der Waals surface area contributed by atoms with Crippen molar-refractivity contribution in [1.82, 2.24) is 16.0 Å². The van der Waals surface area contributed by atoms with Crippen LogP contribution in [0.5, 0.6) is 0 Å². The molecule has 0 radical (unpaired) electrons. The number of rotatable bonds is 10. The van der Waals surface area contributed by atoms with Crippen LogP contribution in [0.15, 0.2) is 30.3 Å². The number of ether oxygens (including phenoxy) is 1. The molecule has 10 nitrogen and oxygen atoms in total. The van der Waals surface area contributed by atoms with E-state index in [4.69, 9.17) is 9.84 Å². The largest absolute Gasteiger partial charge is 0.481 e. The molecule has 3 atom stereocenters. The monoisotopic (exact) mass is 481 g/mol. The summed E-state index contributed by atoms with van der Waals surface area (Å²) in [6.07, 6.45) is -1.38. The molecule has 3 unspecified atom stereocenters. The zero-order valence-corrected chi connectivity index (χ0v) is 20.2. The maximum atomic E-state index is 12.5. The van der Waals surface area contributed by atoms with Gasteiger partial charge in [-0.05, 0) is 40.2 Å². The van der Waals surface area contributed by atoms with E-state index < -0.39 is 59.1 Å². The average Bonchev–Trinajstić information content (AvgIpc) is 2.70. The van der Waals surface area contributed by atoms with Crippen LogP contribution in [0, 0.1) is 0 Å². The lowest BCUT2D eigenvalue weighted by atomic mass is 10.2. The predicted octanol–water partition coefficient (Wildman–Crippen LogP) is 1.82. The molecule has 0 aliphatic rings. The summed E-state index contributed by atoms with van der Waals surface area (Å²) in [6, 6.07) is 5.80. The zero-order valence-electron chi connectivity index (χ0n) is 19.3. The Balaban J connectivity index is 2.64. The molecule has 0 fully saturated rings. The van der Waals surface area contributed by atoms with Gasteiger partial charge in [-0.25, -0.2) is 4.79 Å². The molecule has 0 bridgehead atoms. The summed E-state index contributed by atoms with van der Waals surface area (Å²) in [7, 11) is 0. The predicted molar refractivity (Wildman–Crippen MR) is 123 cm³/mol. The van der Waals surface area contributed by atoms with Crippen molar-refractivity contribution >= 4 is 40.8 Å². The number of carbonyl (C=O) groups excluding carboxylic acids is 4. The van der Waals surface area contributed by atoms with Crippen LogP contribution in [0.1, 0.15) is 46.6 Å². The third kappa shape index (κ3) is 11.4. The van der Waals surface area contributed by atoms with Gasteiger partial charge in [0.15, 0.2) is 0 Å². The summed E-state index contributed by atoms with van der Waals surface area (Å²) in [5, 5.41) is 15.8. The normalized spacial score (nSPS) is 13.7. The number of hydrogen-bond acceptors (Lipinski definition) is 7. The summed E-state index contributed by atoms with van der Waals surface area (Å²) in [5.41, 5.74) is 0.140. The molecule has 4 N–H and O–H groups in total. The van der Waals surface area contributed by atoms with E-state index in [1.54, 1.807) is 20.8 Å². The second kappa shape index (κ2) is 12.8. The lowest BCUT2D eigenvalue weighted by molar-refractivity contribution is -0.139. The highest BCUT2D eigenvalue weighted by atomic mass is 32.2. The molecule has 33 heavy (non-hydrogen) atoms. The third-order valence-electron chi connectivity index (χ3n) is 4.08. The topological polar surface area (TPSA) is 151 Å². The molecule has 0 spiro atoms. The van der Waals surface area contributed by atoms with E-state index in [2.05, 4.69) is 16.0 Å². The van der Waals surface area contributed by atoms with E-state index in [1.807, 2.05) is 30.3 Å². The molecular formula is C22H31N3O7S. The van der Waals surface area contributed by atoms with Crippen molar-refractivity contribution < 1.29 is 33.8 Å². The van der Waals surface area contributed by atoms with Gasteiger partial charge < -0.3 is 25.8 Å². The number of carboxylic acids is 1. The van der Waals surface area contributed by atoms with Gasteiger partial charge in [-0.2, -0.15) is 0 Å². The summed E-state index contributed by atoms with van der Waals surface area (Å²) >= 11 is 0.898. The van der Waals surface area contributed by atoms with Gasteiger partial charge in [0.1, 0.15) is 23.7 Å². The summed E-state index contributed by atoms with van der Waals surface area (Å²) < 4.78 is 5.08. The van der Waals surface area contributed by atoms with Crippen molar-refractivity contribution in [2.45, 2.75) is 70.5 Å². The quantitative estimate of drug-likeness (QED) is 0.395. The standard InChI is InChI=1S/C22H31N3O7S/c1-13(23-18(28)14(2)24-21(31)32-22(3,4)5)19(29)25-16(11-17(26)27)20(30)33-12-15-9-7-6-8-10-15/h6-10,13-14,16H,11-12H2,1-5H3,(H,23,28)(H,24,31)(H,25,29)(H,26,27). The third-order valence-corrected chi connectivity index (χ3v) is 5.13. The number of carboxylic acid groups (broad SMARTS) is 1. The van der Waals surface area contributed by atoms with E-state index in [9.17, 15) is 24.0 Å². The Morgan fingerprint density at radius 3 is 2.03 bits per heavy atom. The van der Waals surface area contributed by atoms with Crippen molar-refractivity contribution in [3.05, 3.63) is 35.9 Å². The minimum absolute atomic E-state index is 0.325. The van der Waals surface area contributed by atoms with Crippen molar-refractivity contribution in [1.29, 1.82) is 0 Å². The first-order valence-electron chi connectivity index (χ1n) is 10.3. The van der Waals surface area contributed by atoms with Gasteiger partial charge in [0.2, 0.25) is 16.9 Å². The van der Waals surface area contributed by atoms with E-state index in [-0.39, 0.29) is 0 Å². The van der Waals surface area contributed by atoms with Gasteiger partial charge in [-0.3, -0.25) is 19.2 Å². The van der Waals surface area contributed by atoms with E-state index in [0.29, 0.717) is 5.75 Å². The lowest BCUT2D eigenvalue weighted by Crippen LogP contribution is -2.54. The fourth-order valence-corrected chi connectivity index (χ4v) is 3.29. The maximum absolute atomic E-state index is 12.5. The first-order chi connectivity index (χ1) is 15.3. The van der Waals surface area contributed by atoms with Gasteiger partial charge in [-0.1, -0.05) is 42.1 Å². The lowest BCUT2D eigenvalue weighted by Gasteiger charge is -2.23. The highest BCUT2D eigenvalue weighted by molar-refractivity contribution is 8.13. The first-order valence-corrected chi connectivity index (χ1v) is 11.3. The highest BCUT2D eigenvalue weighted by Gasteiger charge is 2.28. The molecule has 0 aromatic heterocycles. The summed E-state index contributed by atoms with van der Waals surface area (Å²) in [4.78, 5) is 60.3. The number of thioether (sulfide) groups is 1. The number of carbonyl (C=O) groups is 5. The summed E-state index contributed by atoms with van der Waals surface area (Å²) in [5.74, 6) is -2.30. The van der Waals surface area contributed by atoms with Crippen molar-refractivity contribution in [3.63, 3.8) is 0 Å². The van der Waals surface area contributed by atoms with Crippen LogP contribution in [-0.4, -0.2) is 57.8 Å². The van der Waals surface area contributed by atoms with Crippen LogP contribution in [0.4, 0.5) is 4.79 Å². The molecule has 1 aromatic rings. The van der Waals surface area contributed by atoms with Gasteiger partial charge in [0.25, 0.3) is 0 Å². The second-order valence-electron chi connectivity index (χ2n) is 8.35. The minimum atomic E-state index is -1.26. The SMILES string of the molecule is CC(NC(=O)OC(C)(C)C)C(=O)NC(C)C(=O)NC(CC(=O)O)C(=O)SCc1ccccc1. The number of benzene rings is 1. The Kier molecular flexibility index (Phi) is 10.9. The molecule has 11 heteroatoms. The number of amides is 3. The van der Waals surface area contributed by atoms with Crippen LogP contribution < -0.4 is 16.0 Å². The smallest absolute Gasteiger partial charge is 0.408 e. The van der Waals surface area contributed by atoms with Crippen LogP contribution in [0.25, 0.3) is 0 Å². The average molecular weight is 482 g/mol. The molecule has 3 amide bonds. The Hall–Kier alpha value is -3.08. The Labute approximate surface area is 197 Å². The van der Waals surface area contributed by atoms with Gasteiger partial charge in [0, 0.05) is 5.75 Å². The molecule has 0 aliphatic carbocycles. The molecule has 182 valence electrons. The number of hydrogen-bond donors (Lipinski definition) is 4. The number of alkyl carbamates (subject to hydrolysis) is 1. The highest BCUT2D eigenvalue weighted by Crippen LogP contribution is 2.16. The zero-order chi connectivity index (χ0) is 25.2. The Morgan fingerprint density at radius 1 is 0.939 bits per heavy atom. The fourth-order valence-electron chi connectivity index (χ4n) is 2.45. The second-order valence-corrected chi connectivity index (χ2v) is 9.33. The van der Waals surface area contributed by atoms with Crippen LogP contribution >= 0.6 is 11.8 Å². The molecule has 1 aromatic carbocycles. The molecule has 0 saturated carbocycles. The van der Waals surface area contributed by atoms with Crippen LogP contribution in [-0.2, 0) is 29.7 Å². The molecule has 1 rings (SSSR count). The van der Waals surface area contributed by atoms with E-state index in [1.165, 1.54) is 13.8 Å². The van der Waals surface area contributed by atoms with Crippen molar-refractivity contribution in [2.24, 2.45) is 0 Å². The van der Waals surface area contributed by atoms with Gasteiger partial charge >= 0.3 is 12.1 Å². The molecule has 0 heterocycles. The van der Waals surface area contributed by atoms with Crippen LogP contribution in [0.2, 0.25) is 0 Å². The summed E-state index contributed by atoms with van der Waals surface area (Å²) in [6.45, 7) is 7.83.